The second kappa shape index (κ2) is 8.32. The number of nitrogens with zero attached hydrogens (tertiary/aromatic N) is 2. The molecule has 4 rings (SSSR count). The van der Waals surface area contributed by atoms with Crippen LogP contribution in [0, 0.1) is 5.92 Å². The van der Waals surface area contributed by atoms with E-state index in [0.717, 1.165) is 29.7 Å². The maximum Gasteiger partial charge on any atom is 0.226 e. The van der Waals surface area contributed by atoms with Crippen molar-refractivity contribution in [2.45, 2.75) is 31.9 Å². The zero-order valence-electron chi connectivity index (χ0n) is 15.1. The van der Waals surface area contributed by atoms with Crippen LogP contribution in [0.3, 0.4) is 0 Å². The Balaban J connectivity index is 1.45. The van der Waals surface area contributed by atoms with Gasteiger partial charge in [0, 0.05) is 29.5 Å². The van der Waals surface area contributed by atoms with Gasteiger partial charge in [0.05, 0.1) is 22.3 Å². The molecular weight excluding hydrogens is 419 g/mol. The molecule has 0 N–H and O–H groups in total. The van der Waals surface area contributed by atoms with Crippen LogP contribution in [0.5, 0.6) is 0 Å². The first-order chi connectivity index (χ1) is 13.5. The van der Waals surface area contributed by atoms with Crippen LogP contribution in [0.25, 0.3) is 0 Å². The van der Waals surface area contributed by atoms with Gasteiger partial charge in [-0.15, -0.1) is 0 Å². The maximum atomic E-state index is 12.8. The molecule has 1 saturated carbocycles. The summed E-state index contributed by atoms with van der Waals surface area (Å²) < 4.78 is 0. The van der Waals surface area contributed by atoms with Crippen LogP contribution in [0.15, 0.2) is 47.6 Å². The number of hydrogen-bond donors (Lipinski definition) is 0. The summed E-state index contributed by atoms with van der Waals surface area (Å²) in [7, 11) is 0. The summed E-state index contributed by atoms with van der Waals surface area (Å²) in [5.41, 5.74) is 2.62. The SMILES string of the molecule is O=C(C1CC1)N(Cc1ccccc1Cl)CC1CC(c2ccc(Cl)c(Cl)c2)=NO1. The summed E-state index contributed by atoms with van der Waals surface area (Å²) in [5, 5.41) is 5.85. The third-order valence-electron chi connectivity index (χ3n) is 4.97. The van der Waals surface area contributed by atoms with Gasteiger partial charge in [-0.05, 0) is 36.6 Å². The number of rotatable bonds is 6. The molecule has 0 spiro atoms. The molecule has 1 fully saturated rings. The van der Waals surface area contributed by atoms with E-state index in [4.69, 9.17) is 39.6 Å². The molecule has 7 heteroatoms. The molecule has 1 amide bonds. The molecule has 1 heterocycles. The molecule has 0 aromatic heterocycles. The van der Waals surface area contributed by atoms with Gasteiger partial charge in [-0.2, -0.15) is 0 Å². The zero-order valence-corrected chi connectivity index (χ0v) is 17.3. The van der Waals surface area contributed by atoms with E-state index in [1.54, 1.807) is 12.1 Å². The van der Waals surface area contributed by atoms with E-state index in [2.05, 4.69) is 5.16 Å². The highest BCUT2D eigenvalue weighted by Gasteiger charge is 2.36. The Hall–Kier alpha value is -1.75. The van der Waals surface area contributed by atoms with Crippen molar-refractivity contribution in [2.75, 3.05) is 6.54 Å². The van der Waals surface area contributed by atoms with Crippen LogP contribution in [-0.4, -0.2) is 29.2 Å². The van der Waals surface area contributed by atoms with Gasteiger partial charge in [-0.3, -0.25) is 4.79 Å². The Morgan fingerprint density at radius 3 is 2.57 bits per heavy atom. The fourth-order valence-corrected chi connectivity index (χ4v) is 3.76. The van der Waals surface area contributed by atoms with Crippen LogP contribution in [-0.2, 0) is 16.2 Å². The Bertz CT molecular complexity index is 928. The Morgan fingerprint density at radius 1 is 1.07 bits per heavy atom. The lowest BCUT2D eigenvalue weighted by molar-refractivity contribution is -0.135. The summed E-state index contributed by atoms with van der Waals surface area (Å²) in [5.74, 6) is 0.283. The molecule has 1 unspecified atom stereocenters. The predicted molar refractivity (Wildman–Crippen MR) is 112 cm³/mol. The van der Waals surface area contributed by atoms with Crippen molar-refractivity contribution in [1.29, 1.82) is 0 Å². The number of amides is 1. The molecule has 2 aromatic rings. The quantitative estimate of drug-likeness (QED) is 0.592. The molecule has 4 nitrogen and oxygen atoms in total. The maximum absolute atomic E-state index is 12.8. The molecule has 0 bridgehead atoms. The van der Waals surface area contributed by atoms with Gasteiger partial charge in [-0.1, -0.05) is 64.2 Å². The molecule has 1 aliphatic heterocycles. The molecule has 1 aliphatic carbocycles. The smallest absolute Gasteiger partial charge is 0.226 e. The highest BCUT2D eigenvalue weighted by Crippen LogP contribution is 2.33. The summed E-state index contributed by atoms with van der Waals surface area (Å²) in [6, 6.07) is 13.0. The monoisotopic (exact) mass is 436 g/mol. The molecular formula is C21H19Cl3N2O2. The molecule has 146 valence electrons. The van der Waals surface area contributed by atoms with Crippen molar-refractivity contribution in [3.05, 3.63) is 68.7 Å². The lowest BCUT2D eigenvalue weighted by atomic mass is 10.0. The van der Waals surface area contributed by atoms with Gasteiger partial charge in [0.1, 0.15) is 0 Å². The Morgan fingerprint density at radius 2 is 1.86 bits per heavy atom. The van der Waals surface area contributed by atoms with E-state index >= 15 is 0 Å². The number of carbonyl (C=O) groups is 1. The highest BCUT2D eigenvalue weighted by atomic mass is 35.5. The van der Waals surface area contributed by atoms with Crippen molar-refractivity contribution < 1.29 is 9.63 Å². The fourth-order valence-electron chi connectivity index (χ4n) is 3.27. The van der Waals surface area contributed by atoms with E-state index in [1.165, 1.54) is 0 Å². The largest absolute Gasteiger partial charge is 0.390 e. The molecule has 2 aliphatic rings. The first-order valence-electron chi connectivity index (χ1n) is 9.21. The van der Waals surface area contributed by atoms with Crippen molar-refractivity contribution in [2.24, 2.45) is 11.1 Å². The number of halogens is 3. The topological polar surface area (TPSA) is 41.9 Å². The highest BCUT2D eigenvalue weighted by molar-refractivity contribution is 6.42. The first kappa shape index (κ1) is 19.6. The zero-order chi connectivity index (χ0) is 19.7. The minimum absolute atomic E-state index is 0.124. The standard InChI is InChI=1S/C21H19Cl3N2O2/c22-17-4-2-1-3-15(17)11-26(21(27)13-5-6-13)12-16-10-20(25-28-16)14-7-8-18(23)19(24)9-14/h1-4,7-9,13,16H,5-6,10-12H2. The van der Waals surface area contributed by atoms with Crippen LogP contribution >= 0.6 is 34.8 Å². The van der Waals surface area contributed by atoms with Crippen molar-refractivity contribution in [1.82, 2.24) is 4.90 Å². The lowest BCUT2D eigenvalue weighted by Crippen LogP contribution is -2.38. The second-order valence-corrected chi connectivity index (χ2v) is 8.40. The predicted octanol–water partition coefficient (Wildman–Crippen LogP) is 5.58. The van der Waals surface area contributed by atoms with Gasteiger partial charge in [0.15, 0.2) is 6.10 Å². The second-order valence-electron chi connectivity index (χ2n) is 7.18. The molecule has 0 saturated heterocycles. The van der Waals surface area contributed by atoms with Crippen molar-refractivity contribution in [3.8, 4) is 0 Å². The van der Waals surface area contributed by atoms with Crippen LogP contribution < -0.4 is 0 Å². The Kier molecular flexibility index (Phi) is 5.81. The van der Waals surface area contributed by atoms with Crippen molar-refractivity contribution in [3.63, 3.8) is 0 Å². The van der Waals surface area contributed by atoms with E-state index in [1.807, 2.05) is 35.2 Å². The van der Waals surface area contributed by atoms with Gasteiger partial charge < -0.3 is 9.74 Å². The van der Waals surface area contributed by atoms with E-state index in [-0.39, 0.29) is 17.9 Å². The number of benzene rings is 2. The van der Waals surface area contributed by atoms with E-state index in [0.29, 0.717) is 34.6 Å². The minimum Gasteiger partial charge on any atom is -0.390 e. The molecule has 28 heavy (non-hydrogen) atoms. The van der Waals surface area contributed by atoms with E-state index < -0.39 is 0 Å². The van der Waals surface area contributed by atoms with Gasteiger partial charge >= 0.3 is 0 Å². The van der Waals surface area contributed by atoms with Crippen molar-refractivity contribution >= 4 is 46.4 Å². The molecule has 0 radical (unpaired) electrons. The van der Waals surface area contributed by atoms with Crippen LogP contribution in [0.2, 0.25) is 15.1 Å². The molecule has 1 atom stereocenters. The Labute approximate surface area is 179 Å². The third-order valence-corrected chi connectivity index (χ3v) is 6.07. The lowest BCUT2D eigenvalue weighted by Gasteiger charge is -2.25. The minimum atomic E-state index is -0.199. The van der Waals surface area contributed by atoms with Gasteiger partial charge in [0.2, 0.25) is 5.91 Å². The normalized spacial score (nSPS) is 18.5. The summed E-state index contributed by atoms with van der Waals surface area (Å²) >= 11 is 18.4. The average molecular weight is 438 g/mol. The van der Waals surface area contributed by atoms with E-state index in [9.17, 15) is 4.79 Å². The van der Waals surface area contributed by atoms with Crippen LogP contribution in [0.1, 0.15) is 30.4 Å². The summed E-state index contributed by atoms with van der Waals surface area (Å²) in [4.78, 5) is 20.3. The number of oxime groups is 1. The van der Waals surface area contributed by atoms with Crippen LogP contribution in [0.4, 0.5) is 0 Å². The average Bonchev–Trinajstić information content (AvgIpc) is 3.43. The van der Waals surface area contributed by atoms with Gasteiger partial charge in [-0.25, -0.2) is 0 Å². The first-order valence-corrected chi connectivity index (χ1v) is 10.3. The third kappa shape index (κ3) is 4.45. The fraction of sp³-hybridized carbons (Fsp3) is 0.333. The number of carbonyl (C=O) groups excluding carboxylic acids is 1. The summed E-state index contributed by atoms with van der Waals surface area (Å²) in [6.45, 7) is 0.936. The summed E-state index contributed by atoms with van der Waals surface area (Å²) in [6.07, 6.45) is 2.31. The van der Waals surface area contributed by atoms with Gasteiger partial charge in [0.25, 0.3) is 0 Å². The number of hydrogen-bond acceptors (Lipinski definition) is 3. The molecule has 2 aromatic carbocycles.